The van der Waals surface area contributed by atoms with Gasteiger partial charge in [-0.1, -0.05) is 36.9 Å². The van der Waals surface area contributed by atoms with E-state index in [1.165, 1.54) is 17.1 Å². The first kappa shape index (κ1) is 15.9. The molecule has 3 aromatic rings. The Labute approximate surface area is 133 Å². The van der Waals surface area contributed by atoms with Crippen LogP contribution in [0.4, 0.5) is 0 Å². The van der Waals surface area contributed by atoms with Crippen molar-refractivity contribution in [2.24, 2.45) is 5.73 Å². The molecule has 0 aliphatic heterocycles. The Morgan fingerprint density at radius 1 is 1.33 bits per heavy atom. The maximum atomic E-state index is 6.17. The minimum absolute atomic E-state index is 0. The molecule has 1 atom stereocenters. The minimum Gasteiger partial charge on any atom is -1.00 e. The molecule has 0 aliphatic rings. The van der Waals surface area contributed by atoms with Crippen LogP contribution in [-0.2, 0) is 6.42 Å². The second kappa shape index (κ2) is 6.98. The molecule has 112 valence electrons. The molecule has 3 N–H and O–H groups in total. The van der Waals surface area contributed by atoms with Crippen LogP contribution in [0.15, 0.2) is 40.1 Å². The lowest BCUT2D eigenvalue weighted by molar-refractivity contribution is -0.00000478. The number of aromatic nitrogens is 3. The van der Waals surface area contributed by atoms with Crippen LogP contribution in [0.2, 0.25) is 0 Å². The summed E-state index contributed by atoms with van der Waals surface area (Å²) >= 11 is 1.52. The summed E-state index contributed by atoms with van der Waals surface area (Å²) in [5.74, 6) is 1.39. The van der Waals surface area contributed by atoms with Gasteiger partial charge in [0.25, 0.3) is 5.22 Å². The Morgan fingerprint density at radius 2 is 2.14 bits per heavy atom. The van der Waals surface area contributed by atoms with Crippen molar-refractivity contribution in [2.75, 3.05) is 5.75 Å². The number of hydrogen-bond acceptors (Lipinski definition) is 5. The monoisotopic (exact) mass is 323 g/mol. The summed E-state index contributed by atoms with van der Waals surface area (Å²) in [5.41, 5.74) is 8.44. The van der Waals surface area contributed by atoms with Gasteiger partial charge in [0.1, 0.15) is 0 Å². The molecule has 3 rings (SSSR count). The first-order chi connectivity index (χ1) is 9.78. The van der Waals surface area contributed by atoms with Crippen LogP contribution in [0.25, 0.3) is 10.9 Å². The summed E-state index contributed by atoms with van der Waals surface area (Å²) in [5, 5.41) is 9.77. The minimum atomic E-state index is -0.284. The predicted molar refractivity (Wildman–Crippen MR) is 79.6 cm³/mol. The van der Waals surface area contributed by atoms with Crippen molar-refractivity contribution < 1.29 is 16.8 Å². The fourth-order valence-electron chi connectivity index (χ4n) is 2.18. The molecule has 2 aromatic heterocycles. The molecular formula is C14H16ClN4OS-. The molecule has 1 aromatic carbocycles. The lowest BCUT2D eigenvalue weighted by atomic mass is 10.1. The zero-order valence-electron chi connectivity index (χ0n) is 11.5. The summed E-state index contributed by atoms with van der Waals surface area (Å²) in [7, 11) is 0. The summed E-state index contributed by atoms with van der Waals surface area (Å²) in [6.07, 6.45) is 2.66. The number of H-pyrrole nitrogens is 1. The summed E-state index contributed by atoms with van der Waals surface area (Å²) in [6, 6.07) is 7.88. The molecule has 0 unspecified atom stereocenters. The molecule has 21 heavy (non-hydrogen) atoms. The van der Waals surface area contributed by atoms with Gasteiger partial charge in [-0.05, 0) is 23.8 Å². The van der Waals surface area contributed by atoms with Crippen molar-refractivity contribution in [3.63, 3.8) is 0 Å². The molecule has 0 saturated heterocycles. The average molecular weight is 324 g/mol. The van der Waals surface area contributed by atoms with Crippen LogP contribution in [0.1, 0.15) is 24.4 Å². The van der Waals surface area contributed by atoms with Gasteiger partial charge in [0.2, 0.25) is 5.89 Å². The zero-order chi connectivity index (χ0) is 13.9. The number of nitrogens with two attached hydrogens (primary N) is 1. The van der Waals surface area contributed by atoms with E-state index in [-0.39, 0.29) is 18.4 Å². The standard InChI is InChI=1S/C14H16N4OS.ClH/c1-2-20-14-18-17-13(19-14)11(15)7-9-8-16-12-6-4-3-5-10(9)12;/h3-6,8,11,16H,2,7,15H2,1H3;1H/p-1/t11-;/m0./s1. The van der Waals surface area contributed by atoms with E-state index < -0.39 is 0 Å². The summed E-state index contributed by atoms with van der Waals surface area (Å²) in [6.45, 7) is 2.04. The van der Waals surface area contributed by atoms with Gasteiger partial charge < -0.3 is 27.5 Å². The number of para-hydroxylation sites is 1. The number of benzene rings is 1. The van der Waals surface area contributed by atoms with Crippen molar-refractivity contribution in [2.45, 2.75) is 24.6 Å². The second-order valence-corrected chi connectivity index (χ2v) is 5.72. The Morgan fingerprint density at radius 3 is 2.95 bits per heavy atom. The van der Waals surface area contributed by atoms with Crippen molar-refractivity contribution in [1.29, 1.82) is 0 Å². The van der Waals surface area contributed by atoms with Gasteiger partial charge in [0.15, 0.2) is 0 Å². The lowest BCUT2D eigenvalue weighted by Gasteiger charge is -2.05. The number of nitrogens with zero attached hydrogens (tertiary/aromatic N) is 2. The van der Waals surface area contributed by atoms with Gasteiger partial charge >= 0.3 is 0 Å². The lowest BCUT2D eigenvalue weighted by Crippen LogP contribution is -3.00. The molecule has 5 nitrogen and oxygen atoms in total. The third-order valence-electron chi connectivity index (χ3n) is 3.12. The largest absolute Gasteiger partial charge is 1.00 e. The normalized spacial score (nSPS) is 12.3. The number of aromatic amines is 1. The number of rotatable bonds is 5. The third kappa shape index (κ3) is 3.40. The van der Waals surface area contributed by atoms with E-state index >= 15 is 0 Å². The van der Waals surface area contributed by atoms with E-state index in [0.717, 1.165) is 16.8 Å². The molecule has 2 heterocycles. The highest BCUT2D eigenvalue weighted by molar-refractivity contribution is 7.99. The van der Waals surface area contributed by atoms with Crippen molar-refractivity contribution >= 4 is 22.7 Å². The van der Waals surface area contributed by atoms with Gasteiger partial charge in [-0.2, -0.15) is 0 Å². The van der Waals surface area contributed by atoms with E-state index in [1.54, 1.807) is 0 Å². The number of thioether (sulfide) groups is 1. The van der Waals surface area contributed by atoms with E-state index in [1.807, 2.05) is 31.3 Å². The first-order valence-corrected chi connectivity index (χ1v) is 7.53. The van der Waals surface area contributed by atoms with Gasteiger partial charge in [-0.15, -0.1) is 10.2 Å². The molecule has 0 radical (unpaired) electrons. The number of fused-ring (bicyclic) bond motifs is 1. The van der Waals surface area contributed by atoms with Crippen molar-refractivity contribution in [1.82, 2.24) is 15.2 Å². The summed E-state index contributed by atoms with van der Waals surface area (Å²) in [4.78, 5) is 3.24. The van der Waals surface area contributed by atoms with Gasteiger partial charge in [-0.3, -0.25) is 0 Å². The smallest absolute Gasteiger partial charge is 0.276 e. The van der Waals surface area contributed by atoms with Gasteiger partial charge in [0, 0.05) is 17.1 Å². The van der Waals surface area contributed by atoms with Crippen LogP contribution in [0.5, 0.6) is 0 Å². The fraction of sp³-hybridized carbons (Fsp3) is 0.286. The maximum Gasteiger partial charge on any atom is 0.276 e. The van der Waals surface area contributed by atoms with E-state index in [0.29, 0.717) is 17.5 Å². The number of nitrogens with one attached hydrogen (secondary N) is 1. The highest BCUT2D eigenvalue weighted by Crippen LogP contribution is 2.24. The Balaban J connectivity index is 0.00000161. The Bertz CT molecular complexity index is 712. The topological polar surface area (TPSA) is 80.7 Å². The highest BCUT2D eigenvalue weighted by atomic mass is 35.5. The van der Waals surface area contributed by atoms with Gasteiger partial charge in [-0.25, -0.2) is 0 Å². The second-order valence-electron chi connectivity index (χ2n) is 4.51. The van der Waals surface area contributed by atoms with Crippen molar-refractivity contribution in [3.05, 3.63) is 41.9 Å². The Hall–Kier alpha value is -1.50. The zero-order valence-corrected chi connectivity index (χ0v) is 13.1. The van der Waals surface area contributed by atoms with E-state index in [4.69, 9.17) is 10.2 Å². The number of halogens is 1. The first-order valence-electron chi connectivity index (χ1n) is 6.54. The Kier molecular flexibility index (Phi) is 5.27. The van der Waals surface area contributed by atoms with Crippen LogP contribution >= 0.6 is 11.8 Å². The third-order valence-corrected chi connectivity index (χ3v) is 3.82. The molecule has 0 saturated carbocycles. The maximum absolute atomic E-state index is 6.17. The molecule has 0 spiro atoms. The molecule has 7 heteroatoms. The van der Waals surface area contributed by atoms with Crippen LogP contribution < -0.4 is 18.1 Å². The fourth-order valence-corrected chi connectivity index (χ4v) is 2.67. The van der Waals surface area contributed by atoms with Gasteiger partial charge in [0.05, 0.1) is 6.04 Å². The summed E-state index contributed by atoms with van der Waals surface area (Å²) < 4.78 is 5.55. The molecule has 0 fully saturated rings. The highest BCUT2D eigenvalue weighted by Gasteiger charge is 2.16. The molecule has 0 amide bonds. The predicted octanol–water partition coefficient (Wildman–Crippen LogP) is -0.0906. The quantitative estimate of drug-likeness (QED) is 0.641. The van der Waals surface area contributed by atoms with Crippen LogP contribution in [0, 0.1) is 0 Å². The van der Waals surface area contributed by atoms with E-state index in [9.17, 15) is 0 Å². The number of hydrogen-bond donors (Lipinski definition) is 2. The van der Waals surface area contributed by atoms with Crippen molar-refractivity contribution in [3.8, 4) is 0 Å². The van der Waals surface area contributed by atoms with E-state index in [2.05, 4.69) is 21.2 Å². The molecular weight excluding hydrogens is 308 g/mol. The van der Waals surface area contributed by atoms with Crippen LogP contribution in [0.3, 0.4) is 0 Å². The SMILES string of the molecule is CCSc1nnc([C@@H](N)Cc2c[nH]c3ccccc23)o1.[Cl-]. The molecule has 0 bridgehead atoms. The average Bonchev–Trinajstić information content (AvgIpc) is 3.07. The molecule has 0 aliphatic carbocycles. The van der Waals surface area contributed by atoms with Crippen LogP contribution in [-0.4, -0.2) is 20.9 Å².